The summed E-state index contributed by atoms with van der Waals surface area (Å²) in [6.07, 6.45) is -4.60. The fourth-order valence-electron chi connectivity index (χ4n) is 3.65. The van der Waals surface area contributed by atoms with E-state index in [2.05, 4.69) is 26.2 Å². The summed E-state index contributed by atoms with van der Waals surface area (Å²) < 4.78 is 65.1. The summed E-state index contributed by atoms with van der Waals surface area (Å²) in [4.78, 5) is 18.3. The second kappa shape index (κ2) is 9.12. The number of halogens is 5. The highest BCUT2D eigenvalue weighted by Crippen LogP contribution is 2.41. The van der Waals surface area contributed by atoms with Gasteiger partial charge in [0.1, 0.15) is 0 Å². The Morgan fingerprint density at radius 1 is 1.21 bits per heavy atom. The van der Waals surface area contributed by atoms with Crippen LogP contribution in [-0.2, 0) is 20.8 Å². The van der Waals surface area contributed by atoms with Crippen LogP contribution in [0, 0.1) is 0 Å². The third-order valence-electron chi connectivity index (χ3n) is 5.10. The molecule has 0 radical (unpaired) electrons. The molecule has 2 aromatic rings. The summed E-state index contributed by atoms with van der Waals surface area (Å²) in [5.41, 5.74) is -0.322. The first kappa shape index (κ1) is 24.4. The number of carbonyl (C=O) groups is 1. The molecule has 1 amide bonds. The minimum atomic E-state index is -4.60. The number of alkyl halides is 3. The molecule has 2 atom stereocenters. The van der Waals surface area contributed by atoms with Gasteiger partial charge in [-0.15, -0.1) is 0 Å². The van der Waals surface area contributed by atoms with Gasteiger partial charge in [-0.3, -0.25) is 9.79 Å². The molecule has 0 spiro atoms. The molecular weight excluding hydrogens is 567 g/mol. The zero-order chi connectivity index (χ0) is 24.0. The molecule has 1 N–H and O–H groups in total. The number of hydrogen-bond acceptors (Lipinski definition) is 6. The molecule has 0 aliphatic carbocycles. The van der Waals surface area contributed by atoms with E-state index in [1.165, 1.54) is 4.90 Å². The van der Waals surface area contributed by atoms with Crippen LogP contribution in [0.5, 0.6) is 0 Å². The van der Waals surface area contributed by atoms with Gasteiger partial charge in [0, 0.05) is 10.2 Å². The maximum Gasteiger partial charge on any atom is 0.416 e. The van der Waals surface area contributed by atoms with Gasteiger partial charge in [-0.2, -0.15) is 13.2 Å². The SMILES string of the molecule is O=C(CSC1=N[C@@H]2CS(=O)(=O)C[C@@H]2N1c1cc(C(F)(F)F)ccc1Cl)Nc1ccc(Br)cc1. The van der Waals surface area contributed by atoms with Crippen molar-refractivity contribution in [2.45, 2.75) is 18.3 Å². The lowest BCUT2D eigenvalue weighted by Crippen LogP contribution is -2.39. The number of fused-ring (bicyclic) bond motifs is 1. The largest absolute Gasteiger partial charge is 0.416 e. The maximum absolute atomic E-state index is 13.3. The van der Waals surface area contributed by atoms with E-state index in [4.69, 9.17) is 11.6 Å². The topological polar surface area (TPSA) is 78.8 Å². The van der Waals surface area contributed by atoms with Crippen LogP contribution in [0.4, 0.5) is 24.5 Å². The van der Waals surface area contributed by atoms with E-state index < -0.39 is 33.7 Å². The molecule has 13 heteroatoms. The number of benzene rings is 2. The molecular formula is C20H16BrClF3N3O3S2. The van der Waals surface area contributed by atoms with Crippen molar-refractivity contribution >= 4 is 71.6 Å². The van der Waals surface area contributed by atoms with Gasteiger partial charge < -0.3 is 10.2 Å². The van der Waals surface area contributed by atoms with Crippen LogP contribution in [0.15, 0.2) is 51.9 Å². The summed E-state index contributed by atoms with van der Waals surface area (Å²) in [6.45, 7) is 0. The van der Waals surface area contributed by atoms with Crippen LogP contribution in [0.25, 0.3) is 0 Å². The molecule has 6 nitrogen and oxygen atoms in total. The molecule has 0 saturated carbocycles. The van der Waals surface area contributed by atoms with Crippen molar-refractivity contribution in [1.29, 1.82) is 0 Å². The summed E-state index contributed by atoms with van der Waals surface area (Å²) >= 11 is 10.6. The van der Waals surface area contributed by atoms with Crippen molar-refractivity contribution in [2.24, 2.45) is 4.99 Å². The van der Waals surface area contributed by atoms with E-state index in [1.807, 2.05) is 0 Å². The Kier molecular flexibility index (Phi) is 6.74. The Balaban J connectivity index is 1.58. The highest BCUT2D eigenvalue weighted by atomic mass is 79.9. The second-order valence-electron chi connectivity index (χ2n) is 7.50. The van der Waals surface area contributed by atoms with E-state index in [0.29, 0.717) is 5.69 Å². The molecule has 2 heterocycles. The van der Waals surface area contributed by atoms with Gasteiger partial charge in [0.15, 0.2) is 15.0 Å². The Labute approximate surface area is 205 Å². The predicted molar refractivity (Wildman–Crippen MR) is 128 cm³/mol. The van der Waals surface area contributed by atoms with Gasteiger partial charge in [-0.1, -0.05) is 39.3 Å². The Bertz CT molecular complexity index is 1220. The standard InChI is InChI=1S/C20H16BrClF3N3O3S2/c21-12-2-4-13(5-3-12)26-18(29)8-32-19-27-15-9-33(30,31)10-17(15)28(19)16-7-11(20(23,24)25)1-6-14(16)22/h1-7,15,17H,8-10H2,(H,26,29)/t15-,17+/m1/s1. The fraction of sp³-hybridized carbons (Fsp3) is 0.300. The molecule has 0 unspecified atom stereocenters. The van der Waals surface area contributed by atoms with Crippen LogP contribution in [0.3, 0.4) is 0 Å². The van der Waals surface area contributed by atoms with Crippen molar-refractivity contribution in [3.8, 4) is 0 Å². The third-order valence-corrected chi connectivity index (χ3v) is 8.61. The van der Waals surface area contributed by atoms with Gasteiger partial charge in [-0.25, -0.2) is 8.42 Å². The van der Waals surface area contributed by atoms with Gasteiger partial charge in [0.25, 0.3) is 0 Å². The molecule has 2 aromatic carbocycles. The van der Waals surface area contributed by atoms with E-state index in [-0.39, 0.29) is 39.0 Å². The zero-order valence-electron chi connectivity index (χ0n) is 16.6. The second-order valence-corrected chi connectivity index (χ2v) is 11.9. The van der Waals surface area contributed by atoms with Crippen LogP contribution in [0.2, 0.25) is 5.02 Å². The minimum Gasteiger partial charge on any atom is -0.325 e. The maximum atomic E-state index is 13.3. The normalized spacial score (nSPS) is 21.6. The van der Waals surface area contributed by atoms with Crippen LogP contribution in [0.1, 0.15) is 5.56 Å². The molecule has 176 valence electrons. The van der Waals surface area contributed by atoms with Crippen molar-refractivity contribution in [3.05, 3.63) is 57.5 Å². The number of amidine groups is 1. The van der Waals surface area contributed by atoms with Gasteiger partial charge >= 0.3 is 6.18 Å². The van der Waals surface area contributed by atoms with Crippen molar-refractivity contribution in [2.75, 3.05) is 27.5 Å². The number of nitrogens with one attached hydrogen (secondary N) is 1. The van der Waals surface area contributed by atoms with E-state index in [1.54, 1.807) is 24.3 Å². The Morgan fingerprint density at radius 2 is 1.91 bits per heavy atom. The number of amides is 1. The lowest BCUT2D eigenvalue weighted by atomic mass is 10.1. The number of aliphatic imine (C=N–C) groups is 1. The smallest absolute Gasteiger partial charge is 0.325 e. The highest BCUT2D eigenvalue weighted by Gasteiger charge is 2.48. The lowest BCUT2D eigenvalue weighted by molar-refractivity contribution is -0.137. The molecule has 4 rings (SSSR count). The monoisotopic (exact) mass is 581 g/mol. The number of nitrogens with zero attached hydrogens (tertiary/aromatic N) is 2. The molecule has 0 aromatic heterocycles. The quantitative estimate of drug-likeness (QED) is 0.559. The predicted octanol–water partition coefficient (Wildman–Crippen LogP) is 4.83. The van der Waals surface area contributed by atoms with Gasteiger partial charge in [0.05, 0.1) is 45.6 Å². The lowest BCUT2D eigenvalue weighted by Gasteiger charge is -2.28. The zero-order valence-corrected chi connectivity index (χ0v) is 20.6. The molecule has 2 aliphatic heterocycles. The first-order valence-electron chi connectivity index (χ1n) is 9.55. The molecule has 33 heavy (non-hydrogen) atoms. The highest BCUT2D eigenvalue weighted by molar-refractivity contribution is 9.10. The number of sulfone groups is 1. The van der Waals surface area contributed by atoms with E-state index in [9.17, 15) is 26.4 Å². The van der Waals surface area contributed by atoms with Crippen LogP contribution in [-0.4, -0.2) is 48.8 Å². The Hall–Kier alpha value is -1.76. The molecule has 1 saturated heterocycles. The van der Waals surface area contributed by atoms with Crippen LogP contribution >= 0.6 is 39.3 Å². The minimum absolute atomic E-state index is 0.00987. The van der Waals surface area contributed by atoms with Crippen molar-refractivity contribution < 1.29 is 26.4 Å². The molecule has 0 bridgehead atoms. The van der Waals surface area contributed by atoms with Crippen LogP contribution < -0.4 is 10.2 Å². The summed E-state index contributed by atoms with van der Waals surface area (Å²) in [5, 5.41) is 3.01. The van der Waals surface area contributed by atoms with E-state index >= 15 is 0 Å². The number of thioether (sulfide) groups is 1. The van der Waals surface area contributed by atoms with Crippen molar-refractivity contribution in [3.63, 3.8) is 0 Å². The fourth-order valence-corrected chi connectivity index (χ4v) is 6.88. The number of anilines is 2. The van der Waals surface area contributed by atoms with Crippen molar-refractivity contribution in [1.82, 2.24) is 0 Å². The average molecular weight is 583 g/mol. The summed E-state index contributed by atoms with van der Waals surface area (Å²) in [7, 11) is -3.40. The molecule has 1 fully saturated rings. The van der Waals surface area contributed by atoms with E-state index in [0.717, 1.165) is 34.4 Å². The summed E-state index contributed by atoms with van der Waals surface area (Å²) in [6, 6.07) is 8.50. The van der Waals surface area contributed by atoms with Gasteiger partial charge in [-0.05, 0) is 42.5 Å². The Morgan fingerprint density at radius 3 is 2.58 bits per heavy atom. The number of rotatable bonds is 4. The van der Waals surface area contributed by atoms with Gasteiger partial charge in [0.2, 0.25) is 5.91 Å². The molecule has 2 aliphatic rings. The summed E-state index contributed by atoms with van der Waals surface area (Å²) in [5.74, 6) is -0.887. The average Bonchev–Trinajstić information content (AvgIpc) is 3.19. The first-order chi connectivity index (χ1) is 15.4. The first-order valence-corrected chi connectivity index (χ1v) is 13.5. The number of hydrogen-bond donors (Lipinski definition) is 1. The number of carbonyl (C=O) groups excluding carboxylic acids is 1. The third kappa shape index (κ3) is 5.50.